The molecular weight excluding hydrogens is 1220 g/mol. The molecular formula is C90H142NO8+. The van der Waals surface area contributed by atoms with Crippen molar-refractivity contribution < 1.29 is 42.9 Å². The fourth-order valence-electron chi connectivity index (χ4n) is 9.88. The number of hydrogen-bond donors (Lipinski definition) is 1. The summed E-state index contributed by atoms with van der Waals surface area (Å²) in [6.45, 7) is 4.59. The second-order valence-corrected chi connectivity index (χ2v) is 26.2. The van der Waals surface area contributed by atoms with Crippen LogP contribution in [0.2, 0.25) is 0 Å². The van der Waals surface area contributed by atoms with Crippen LogP contribution in [0.15, 0.2) is 219 Å². The maximum atomic E-state index is 13.0. The Morgan fingerprint density at radius 1 is 0.303 bits per heavy atom. The van der Waals surface area contributed by atoms with Gasteiger partial charge in [-0.3, -0.25) is 9.59 Å². The van der Waals surface area contributed by atoms with Gasteiger partial charge in [0.2, 0.25) is 0 Å². The molecule has 0 aromatic heterocycles. The minimum atomic E-state index is -1.54. The molecule has 99 heavy (non-hydrogen) atoms. The van der Waals surface area contributed by atoms with Gasteiger partial charge in [0, 0.05) is 12.8 Å². The number of unbranched alkanes of at least 4 members (excludes halogenated alkanes) is 18. The number of allylic oxidation sites excluding steroid dienone is 36. The third kappa shape index (κ3) is 78.8. The number of carboxylic acids is 1. The summed E-state index contributed by atoms with van der Waals surface area (Å²) in [4.78, 5) is 37.7. The summed E-state index contributed by atoms with van der Waals surface area (Å²) in [5.41, 5.74) is 0. The first-order valence-electron chi connectivity index (χ1n) is 38.9. The van der Waals surface area contributed by atoms with Crippen molar-refractivity contribution in [3.8, 4) is 0 Å². The Labute approximate surface area is 607 Å². The van der Waals surface area contributed by atoms with Crippen LogP contribution in [0.4, 0.5) is 0 Å². The zero-order chi connectivity index (χ0) is 71.8. The summed E-state index contributed by atoms with van der Waals surface area (Å²) in [7, 11) is 5.95. The van der Waals surface area contributed by atoms with E-state index in [4.69, 9.17) is 18.9 Å². The van der Waals surface area contributed by atoms with Crippen LogP contribution < -0.4 is 0 Å². The number of hydrogen-bond acceptors (Lipinski definition) is 7. The summed E-state index contributed by atoms with van der Waals surface area (Å²) in [5.74, 6) is -2.07. The fraction of sp³-hybridized carbons (Fsp3) is 0.567. The lowest BCUT2D eigenvalue weighted by Gasteiger charge is -2.25. The molecule has 2 atom stereocenters. The van der Waals surface area contributed by atoms with Crippen molar-refractivity contribution in [1.29, 1.82) is 0 Å². The van der Waals surface area contributed by atoms with E-state index in [1.165, 1.54) is 83.5 Å². The van der Waals surface area contributed by atoms with Crippen LogP contribution in [0.5, 0.6) is 0 Å². The second kappa shape index (κ2) is 77.3. The fourth-order valence-corrected chi connectivity index (χ4v) is 9.88. The smallest absolute Gasteiger partial charge is 0.361 e. The number of ether oxygens (including phenoxy) is 4. The summed E-state index contributed by atoms with van der Waals surface area (Å²) in [6.07, 6.45) is 119. The maximum absolute atomic E-state index is 13.0. The van der Waals surface area contributed by atoms with Crippen molar-refractivity contribution in [3.05, 3.63) is 219 Å². The van der Waals surface area contributed by atoms with Gasteiger partial charge in [-0.15, -0.1) is 0 Å². The van der Waals surface area contributed by atoms with Gasteiger partial charge in [-0.2, -0.15) is 0 Å². The molecule has 0 bridgehead atoms. The highest BCUT2D eigenvalue weighted by molar-refractivity contribution is 5.71. The zero-order valence-corrected chi connectivity index (χ0v) is 63.3. The van der Waals surface area contributed by atoms with Crippen LogP contribution in [0, 0.1) is 0 Å². The van der Waals surface area contributed by atoms with Gasteiger partial charge in [0.15, 0.2) is 6.10 Å². The quantitative estimate of drug-likeness (QED) is 0.0211. The van der Waals surface area contributed by atoms with Crippen LogP contribution in [0.25, 0.3) is 0 Å². The molecule has 2 unspecified atom stereocenters. The van der Waals surface area contributed by atoms with E-state index in [1.54, 1.807) is 0 Å². The highest BCUT2D eigenvalue weighted by atomic mass is 16.7. The first-order valence-corrected chi connectivity index (χ1v) is 38.9. The maximum Gasteiger partial charge on any atom is 0.361 e. The summed E-state index contributed by atoms with van der Waals surface area (Å²) >= 11 is 0. The molecule has 0 saturated carbocycles. The lowest BCUT2D eigenvalue weighted by molar-refractivity contribution is -0.870. The molecule has 9 nitrogen and oxygen atoms in total. The molecule has 0 aliphatic heterocycles. The van der Waals surface area contributed by atoms with Crippen LogP contribution in [-0.4, -0.2) is 87.4 Å². The molecule has 0 fully saturated rings. The Morgan fingerprint density at radius 2 is 0.545 bits per heavy atom. The van der Waals surface area contributed by atoms with Gasteiger partial charge in [0.1, 0.15) is 13.2 Å². The molecule has 0 aliphatic carbocycles. The van der Waals surface area contributed by atoms with Crippen LogP contribution >= 0.6 is 0 Å². The van der Waals surface area contributed by atoms with Gasteiger partial charge < -0.3 is 28.5 Å². The molecule has 0 rings (SSSR count). The van der Waals surface area contributed by atoms with Crippen molar-refractivity contribution >= 4 is 17.9 Å². The minimum Gasteiger partial charge on any atom is -0.477 e. The predicted molar refractivity (Wildman–Crippen MR) is 428 cm³/mol. The summed E-state index contributed by atoms with van der Waals surface area (Å²) in [6, 6.07) is 0. The second-order valence-electron chi connectivity index (χ2n) is 26.2. The third-order valence-corrected chi connectivity index (χ3v) is 15.7. The highest BCUT2D eigenvalue weighted by Crippen LogP contribution is 2.16. The first kappa shape index (κ1) is 92.6. The molecule has 0 radical (unpaired) electrons. The van der Waals surface area contributed by atoms with Crippen molar-refractivity contribution in [2.75, 3.05) is 47.5 Å². The predicted octanol–water partition coefficient (Wildman–Crippen LogP) is 25.2. The number of esters is 2. The molecule has 554 valence electrons. The van der Waals surface area contributed by atoms with Crippen molar-refractivity contribution in [2.24, 2.45) is 0 Å². The number of likely N-dealkylation sites (N-methyl/N-ethyl adjacent to an activating group) is 1. The average molecular weight is 1370 g/mol. The van der Waals surface area contributed by atoms with Crippen LogP contribution in [-0.2, 0) is 33.3 Å². The van der Waals surface area contributed by atoms with E-state index >= 15 is 0 Å². The Morgan fingerprint density at radius 3 is 0.818 bits per heavy atom. The average Bonchev–Trinajstić information content (AvgIpc) is 2.19. The van der Waals surface area contributed by atoms with Gasteiger partial charge in [-0.25, -0.2) is 4.79 Å². The molecule has 9 heteroatoms. The van der Waals surface area contributed by atoms with Gasteiger partial charge >= 0.3 is 17.9 Å². The third-order valence-electron chi connectivity index (χ3n) is 15.7. The minimum absolute atomic E-state index is 0.170. The summed E-state index contributed by atoms with van der Waals surface area (Å²) < 4.78 is 23.0. The van der Waals surface area contributed by atoms with Crippen molar-refractivity contribution in [2.45, 2.75) is 283 Å². The number of carboxylic acid groups (broad SMARTS) is 1. The number of carbonyl (C=O) groups excluding carboxylic acids is 2. The highest BCUT2D eigenvalue weighted by Gasteiger charge is 2.25. The number of nitrogens with zero attached hydrogens (tertiary/aromatic N) is 1. The number of rotatable bonds is 69. The van der Waals surface area contributed by atoms with E-state index < -0.39 is 24.3 Å². The lowest BCUT2D eigenvalue weighted by Crippen LogP contribution is -2.40. The van der Waals surface area contributed by atoms with E-state index in [9.17, 15) is 19.5 Å². The zero-order valence-electron chi connectivity index (χ0n) is 63.3. The molecule has 0 spiro atoms. The van der Waals surface area contributed by atoms with E-state index in [0.29, 0.717) is 17.4 Å². The van der Waals surface area contributed by atoms with Gasteiger partial charge in [0.05, 0.1) is 34.4 Å². The van der Waals surface area contributed by atoms with Gasteiger partial charge in [-0.1, -0.05) is 322 Å². The molecule has 0 saturated heterocycles. The molecule has 0 aromatic rings. The van der Waals surface area contributed by atoms with Crippen LogP contribution in [0.1, 0.15) is 271 Å². The summed E-state index contributed by atoms with van der Waals surface area (Å²) in [5, 5.41) is 9.77. The molecule has 0 aliphatic rings. The standard InChI is InChI=1S/C90H141NO8/c1-6-8-10-12-14-16-18-20-22-24-26-28-30-32-34-36-38-40-42-44-46-48-50-52-54-56-58-60-62-64-66-68-70-72-74-76-78-80-87(92)97-84-86(85-98-90(89(94)95)96-83-82-91(3,4)5)99-88(93)81-79-77-75-73-71-69-67-65-63-61-59-57-55-53-51-49-47-45-43-41-39-37-35-33-31-29-27-25-23-21-19-17-15-13-11-9-7-2/h8-11,14-17,20-23,26-29,32-35,38-41,44-47,51,53,57,59,63,65,69,71,86,90H,6-7,12-13,18-19,24-25,30-31,36-37,42-43,48-50,52,54-56,58,60-62,64,66-68,70,72-85H2,1-5H3/p+1/b10-8-,11-9-,16-14-,17-15-,22-20-,23-21-,28-26-,29-27-,34-32-,35-33-,40-38-,41-39-,46-44-,47-45-,53-51-,59-57-,65-63-,71-69-. The van der Waals surface area contributed by atoms with Gasteiger partial charge in [-0.05, 0) is 154 Å². The van der Waals surface area contributed by atoms with Crippen molar-refractivity contribution in [3.63, 3.8) is 0 Å². The van der Waals surface area contributed by atoms with Crippen LogP contribution in [0.3, 0.4) is 0 Å². The molecule has 1 N–H and O–H groups in total. The van der Waals surface area contributed by atoms with E-state index in [-0.39, 0.29) is 38.6 Å². The van der Waals surface area contributed by atoms with Gasteiger partial charge in [0.25, 0.3) is 6.29 Å². The van der Waals surface area contributed by atoms with E-state index in [0.717, 1.165) is 154 Å². The molecule has 0 amide bonds. The monoisotopic (exact) mass is 1370 g/mol. The Hall–Kier alpha value is -6.39. The normalized spacial score (nSPS) is 13.9. The Bertz CT molecular complexity index is 2440. The van der Waals surface area contributed by atoms with E-state index in [2.05, 4.69) is 233 Å². The first-order chi connectivity index (χ1) is 48.6. The number of quaternary nitrogens is 1. The largest absolute Gasteiger partial charge is 0.477 e. The molecule has 0 aromatic carbocycles. The van der Waals surface area contributed by atoms with E-state index in [1.807, 2.05) is 21.1 Å². The number of aliphatic carboxylic acids is 1. The lowest BCUT2D eigenvalue weighted by atomic mass is 10.0. The Balaban J connectivity index is 4.20. The SMILES string of the molecule is CC/C=C\C/C=C\C/C=C\C/C=C\C/C=C\C/C=C\C/C=C\C/C=C\C/C=C\C/C=C\C/C=C\CCCCCC(=O)OC(COC(=O)CCCCCCCCCCCCCCCCC/C=C\C/C=C\C/C=C\C/C=C\C/C=C\C/C=C\C/C=C\CC)COC(OCC[N+](C)(C)C)C(=O)O. The number of carbonyl (C=O) groups is 3. The topological polar surface area (TPSA) is 108 Å². The Kier molecular flexibility index (Phi) is 72.4. The van der Waals surface area contributed by atoms with Crippen molar-refractivity contribution in [1.82, 2.24) is 0 Å². The molecule has 0 heterocycles.